The van der Waals surface area contributed by atoms with Crippen LogP contribution >= 0.6 is 0 Å². The second-order valence-electron chi connectivity index (χ2n) is 4.93. The minimum Gasteiger partial charge on any atom is -0.388 e. The molecule has 1 aliphatic heterocycles. The lowest BCUT2D eigenvalue weighted by molar-refractivity contribution is -0.0166. The molecule has 1 aliphatic rings. The molecule has 4 atom stereocenters. The van der Waals surface area contributed by atoms with Gasteiger partial charge in [-0.05, 0) is 5.92 Å². The molecule has 1 rings (SSSR count). The Bertz CT molecular complexity index is 196. The molecule has 0 aromatic heterocycles. The number of hydrogen-bond acceptors (Lipinski definition) is 4. The molecule has 4 unspecified atom stereocenters. The van der Waals surface area contributed by atoms with Gasteiger partial charge in [0, 0.05) is 12.6 Å². The summed E-state index contributed by atoms with van der Waals surface area (Å²) in [6.07, 6.45) is -2.08. The number of aliphatic hydroxyl groups excluding tert-OH is 2. The molecule has 15 heavy (non-hydrogen) atoms. The molecule has 90 valence electrons. The van der Waals surface area contributed by atoms with Crippen molar-refractivity contribution >= 4 is 0 Å². The second kappa shape index (κ2) is 5.25. The standard InChI is InChI=1S/C11H23NO3/c1-6(2)11-10(14)9(13)8(15-11)5-12-7(3)4/h6-14H,5H2,1-4H3. The van der Waals surface area contributed by atoms with E-state index in [9.17, 15) is 10.2 Å². The van der Waals surface area contributed by atoms with E-state index in [0.717, 1.165) is 0 Å². The number of aliphatic hydroxyl groups is 2. The van der Waals surface area contributed by atoms with E-state index in [1.165, 1.54) is 0 Å². The normalized spacial score (nSPS) is 36.8. The van der Waals surface area contributed by atoms with Gasteiger partial charge in [0.05, 0.1) is 12.2 Å². The summed E-state index contributed by atoms with van der Waals surface area (Å²) in [5.74, 6) is 0.221. The monoisotopic (exact) mass is 217 g/mol. The Morgan fingerprint density at radius 2 is 1.73 bits per heavy atom. The van der Waals surface area contributed by atoms with Crippen LogP contribution in [0.4, 0.5) is 0 Å². The smallest absolute Gasteiger partial charge is 0.110 e. The minimum atomic E-state index is -0.774. The summed E-state index contributed by atoms with van der Waals surface area (Å²) < 4.78 is 5.64. The van der Waals surface area contributed by atoms with Gasteiger partial charge in [-0.3, -0.25) is 0 Å². The molecule has 3 N–H and O–H groups in total. The molecule has 0 spiro atoms. The maximum Gasteiger partial charge on any atom is 0.110 e. The van der Waals surface area contributed by atoms with Crippen LogP contribution in [-0.2, 0) is 4.74 Å². The molecular weight excluding hydrogens is 194 g/mol. The summed E-state index contributed by atoms with van der Waals surface area (Å²) in [5.41, 5.74) is 0. The highest BCUT2D eigenvalue weighted by Crippen LogP contribution is 2.26. The molecule has 1 heterocycles. The van der Waals surface area contributed by atoms with Gasteiger partial charge in [-0.1, -0.05) is 27.7 Å². The lowest BCUT2D eigenvalue weighted by atomic mass is 9.99. The summed E-state index contributed by atoms with van der Waals surface area (Å²) in [4.78, 5) is 0. The molecule has 0 aromatic carbocycles. The van der Waals surface area contributed by atoms with Gasteiger partial charge in [0.15, 0.2) is 0 Å². The summed E-state index contributed by atoms with van der Waals surface area (Å²) in [7, 11) is 0. The van der Waals surface area contributed by atoms with E-state index in [0.29, 0.717) is 12.6 Å². The fraction of sp³-hybridized carbons (Fsp3) is 1.00. The first-order valence-corrected chi connectivity index (χ1v) is 5.68. The van der Waals surface area contributed by atoms with Crippen molar-refractivity contribution in [2.45, 2.75) is 58.2 Å². The fourth-order valence-corrected chi connectivity index (χ4v) is 1.85. The Balaban J connectivity index is 2.48. The van der Waals surface area contributed by atoms with Crippen LogP contribution in [0.25, 0.3) is 0 Å². The number of nitrogens with one attached hydrogen (secondary N) is 1. The molecule has 1 saturated heterocycles. The predicted molar refractivity (Wildman–Crippen MR) is 58.7 cm³/mol. The SMILES string of the molecule is CC(C)NCC1OC(C(C)C)C(O)C1O. The van der Waals surface area contributed by atoms with E-state index in [4.69, 9.17) is 4.74 Å². The van der Waals surface area contributed by atoms with Crippen LogP contribution in [0.2, 0.25) is 0 Å². The van der Waals surface area contributed by atoms with Gasteiger partial charge in [-0.25, -0.2) is 0 Å². The van der Waals surface area contributed by atoms with Crippen molar-refractivity contribution in [3.63, 3.8) is 0 Å². The van der Waals surface area contributed by atoms with E-state index in [-0.39, 0.29) is 18.1 Å². The van der Waals surface area contributed by atoms with Crippen LogP contribution in [0.3, 0.4) is 0 Å². The van der Waals surface area contributed by atoms with E-state index in [1.807, 2.05) is 27.7 Å². The zero-order chi connectivity index (χ0) is 11.6. The van der Waals surface area contributed by atoms with Crippen molar-refractivity contribution in [3.8, 4) is 0 Å². The van der Waals surface area contributed by atoms with Gasteiger partial charge >= 0.3 is 0 Å². The summed E-state index contributed by atoms with van der Waals surface area (Å²) in [6, 6.07) is 0.357. The number of ether oxygens (including phenoxy) is 1. The number of hydrogen-bond donors (Lipinski definition) is 3. The number of rotatable bonds is 4. The van der Waals surface area contributed by atoms with Crippen LogP contribution in [0, 0.1) is 5.92 Å². The lowest BCUT2D eigenvalue weighted by Crippen LogP contribution is -2.40. The van der Waals surface area contributed by atoms with Crippen LogP contribution in [-0.4, -0.2) is 47.2 Å². The van der Waals surface area contributed by atoms with Gasteiger partial charge in [0.2, 0.25) is 0 Å². The van der Waals surface area contributed by atoms with Crippen molar-refractivity contribution < 1.29 is 14.9 Å². The van der Waals surface area contributed by atoms with Gasteiger partial charge < -0.3 is 20.3 Å². The fourth-order valence-electron chi connectivity index (χ4n) is 1.85. The maximum atomic E-state index is 9.77. The molecule has 0 aromatic rings. The van der Waals surface area contributed by atoms with Crippen molar-refractivity contribution in [1.82, 2.24) is 5.32 Å². The van der Waals surface area contributed by atoms with E-state index < -0.39 is 12.2 Å². The van der Waals surface area contributed by atoms with Crippen LogP contribution in [0.1, 0.15) is 27.7 Å². The summed E-state index contributed by atoms with van der Waals surface area (Å²) in [6.45, 7) is 8.63. The third-order valence-electron chi connectivity index (χ3n) is 2.78. The topological polar surface area (TPSA) is 61.7 Å². The van der Waals surface area contributed by atoms with Crippen molar-refractivity contribution in [3.05, 3.63) is 0 Å². The average molecular weight is 217 g/mol. The first kappa shape index (κ1) is 12.9. The molecule has 1 fully saturated rings. The summed E-state index contributed by atoms with van der Waals surface area (Å²) >= 11 is 0. The average Bonchev–Trinajstić information content (AvgIpc) is 2.41. The highest BCUT2D eigenvalue weighted by Gasteiger charge is 2.43. The van der Waals surface area contributed by atoms with Crippen molar-refractivity contribution in [2.75, 3.05) is 6.54 Å². The first-order valence-electron chi connectivity index (χ1n) is 5.68. The molecule has 0 aliphatic carbocycles. The molecule has 0 bridgehead atoms. The van der Waals surface area contributed by atoms with Gasteiger partial charge in [0.25, 0.3) is 0 Å². The summed E-state index contributed by atoms with van der Waals surface area (Å²) in [5, 5.41) is 22.7. The molecule has 4 nitrogen and oxygen atoms in total. The highest BCUT2D eigenvalue weighted by atomic mass is 16.5. The van der Waals surface area contributed by atoms with Crippen molar-refractivity contribution in [2.24, 2.45) is 5.92 Å². The van der Waals surface area contributed by atoms with Crippen molar-refractivity contribution in [1.29, 1.82) is 0 Å². The molecular formula is C11H23NO3. The predicted octanol–water partition coefficient (Wildman–Crippen LogP) is 0.130. The van der Waals surface area contributed by atoms with E-state index >= 15 is 0 Å². The van der Waals surface area contributed by atoms with E-state index in [2.05, 4.69) is 5.32 Å². The van der Waals surface area contributed by atoms with Crippen LogP contribution in [0.5, 0.6) is 0 Å². The Kier molecular flexibility index (Phi) is 4.52. The maximum absolute atomic E-state index is 9.77. The third kappa shape index (κ3) is 3.14. The molecule has 0 saturated carbocycles. The molecule has 0 radical (unpaired) electrons. The molecule has 0 amide bonds. The Hall–Kier alpha value is -0.160. The van der Waals surface area contributed by atoms with Gasteiger partial charge in [-0.15, -0.1) is 0 Å². The second-order valence-corrected chi connectivity index (χ2v) is 4.93. The van der Waals surface area contributed by atoms with Crippen LogP contribution in [0.15, 0.2) is 0 Å². The minimum absolute atomic E-state index is 0.221. The zero-order valence-corrected chi connectivity index (χ0v) is 9.97. The van der Waals surface area contributed by atoms with E-state index in [1.54, 1.807) is 0 Å². The lowest BCUT2D eigenvalue weighted by Gasteiger charge is -2.18. The zero-order valence-electron chi connectivity index (χ0n) is 9.97. The highest BCUT2D eigenvalue weighted by molar-refractivity contribution is 4.92. The Labute approximate surface area is 91.6 Å². The first-order chi connectivity index (χ1) is 6.93. The Morgan fingerprint density at radius 3 is 2.13 bits per heavy atom. The van der Waals surface area contributed by atoms with Crippen LogP contribution < -0.4 is 5.32 Å². The largest absolute Gasteiger partial charge is 0.388 e. The van der Waals surface area contributed by atoms with Gasteiger partial charge in [-0.2, -0.15) is 0 Å². The molecule has 4 heteroatoms. The third-order valence-corrected chi connectivity index (χ3v) is 2.78. The Morgan fingerprint density at radius 1 is 1.13 bits per heavy atom. The van der Waals surface area contributed by atoms with Gasteiger partial charge in [0.1, 0.15) is 12.2 Å². The quantitative estimate of drug-likeness (QED) is 0.626.